The molecular weight excluding hydrogens is 306 g/mol. The van der Waals surface area contributed by atoms with Crippen LogP contribution in [0, 0.1) is 0 Å². The molecule has 0 unspecified atom stereocenters. The van der Waals surface area contributed by atoms with Gasteiger partial charge in [-0.15, -0.1) is 0 Å². The van der Waals surface area contributed by atoms with Crippen molar-refractivity contribution in [3.05, 3.63) is 48.5 Å². The van der Waals surface area contributed by atoms with Crippen molar-refractivity contribution in [2.45, 2.75) is 39.4 Å². The number of amides is 3. The molecule has 1 aromatic heterocycles. The second kappa shape index (κ2) is 8.14. The van der Waals surface area contributed by atoms with Crippen molar-refractivity contribution in [1.82, 2.24) is 20.2 Å². The van der Waals surface area contributed by atoms with Crippen LogP contribution in [0.2, 0.25) is 0 Å². The molecule has 3 amide bonds. The molecular formula is C17H23N5O2. The van der Waals surface area contributed by atoms with Crippen molar-refractivity contribution in [3.8, 4) is 0 Å². The fourth-order valence-electron chi connectivity index (χ4n) is 2.23. The molecule has 1 aromatic carbocycles. The van der Waals surface area contributed by atoms with Crippen LogP contribution in [0.3, 0.4) is 0 Å². The summed E-state index contributed by atoms with van der Waals surface area (Å²) in [6.07, 6.45) is 5.26. The van der Waals surface area contributed by atoms with E-state index < -0.39 is 0 Å². The Bertz CT molecular complexity index is 682. The third-order valence-electron chi connectivity index (χ3n) is 3.22. The molecule has 1 heterocycles. The molecule has 0 saturated carbocycles. The zero-order valence-corrected chi connectivity index (χ0v) is 14.1. The number of rotatable bonds is 6. The highest BCUT2D eigenvalue weighted by Gasteiger charge is 2.11. The Labute approximate surface area is 141 Å². The maximum Gasteiger partial charge on any atom is 0.319 e. The minimum Gasteiger partial charge on any atom is -0.348 e. The molecule has 2 rings (SSSR count). The Morgan fingerprint density at radius 1 is 1.21 bits per heavy atom. The minimum absolute atomic E-state index is 0.0421. The Morgan fingerprint density at radius 2 is 2.00 bits per heavy atom. The van der Waals surface area contributed by atoms with E-state index in [-0.39, 0.29) is 24.0 Å². The van der Waals surface area contributed by atoms with Crippen molar-refractivity contribution in [1.29, 1.82) is 0 Å². The lowest BCUT2D eigenvalue weighted by Crippen LogP contribution is -2.36. The molecule has 0 bridgehead atoms. The molecule has 0 fully saturated rings. The van der Waals surface area contributed by atoms with Crippen LogP contribution in [0.25, 0.3) is 0 Å². The highest BCUT2D eigenvalue weighted by Crippen LogP contribution is 2.11. The van der Waals surface area contributed by atoms with Crippen molar-refractivity contribution < 1.29 is 9.59 Å². The van der Waals surface area contributed by atoms with Gasteiger partial charge in [0, 0.05) is 42.3 Å². The van der Waals surface area contributed by atoms with E-state index in [1.165, 1.54) is 0 Å². The van der Waals surface area contributed by atoms with Gasteiger partial charge in [-0.25, -0.2) is 9.78 Å². The molecule has 0 aliphatic heterocycles. The first-order valence-electron chi connectivity index (χ1n) is 7.88. The van der Waals surface area contributed by atoms with Crippen LogP contribution in [0.5, 0.6) is 0 Å². The predicted molar refractivity (Wildman–Crippen MR) is 92.9 cm³/mol. The molecule has 24 heavy (non-hydrogen) atoms. The number of urea groups is 1. The van der Waals surface area contributed by atoms with Gasteiger partial charge in [-0.3, -0.25) is 4.79 Å². The number of nitrogens with zero attached hydrogens (tertiary/aromatic N) is 2. The van der Waals surface area contributed by atoms with Gasteiger partial charge in [-0.05, 0) is 39.0 Å². The van der Waals surface area contributed by atoms with E-state index in [9.17, 15) is 9.59 Å². The first kappa shape index (κ1) is 17.5. The Hall–Kier alpha value is -2.83. The average molecular weight is 329 g/mol. The lowest BCUT2D eigenvalue weighted by molar-refractivity contribution is 0.0936. The summed E-state index contributed by atoms with van der Waals surface area (Å²) in [5.41, 5.74) is 1.07. The number of anilines is 1. The number of hydrogen-bond donors (Lipinski definition) is 3. The number of carbonyl (C=O) groups is 2. The molecule has 0 spiro atoms. The second-order valence-electron chi connectivity index (χ2n) is 5.97. The summed E-state index contributed by atoms with van der Waals surface area (Å²) < 4.78 is 1.90. The molecule has 0 saturated heterocycles. The van der Waals surface area contributed by atoms with Crippen LogP contribution in [0.1, 0.15) is 31.1 Å². The average Bonchev–Trinajstić information content (AvgIpc) is 2.99. The topological polar surface area (TPSA) is 88.0 Å². The molecule has 128 valence electrons. The predicted octanol–water partition coefficient (Wildman–Crippen LogP) is 2.23. The molecule has 1 atom stereocenters. The number of aromatic nitrogens is 2. The summed E-state index contributed by atoms with van der Waals surface area (Å²) >= 11 is 0. The highest BCUT2D eigenvalue weighted by molar-refractivity contribution is 5.97. The molecule has 0 aliphatic carbocycles. The number of benzene rings is 1. The summed E-state index contributed by atoms with van der Waals surface area (Å²) in [6, 6.07) is 6.54. The van der Waals surface area contributed by atoms with Gasteiger partial charge in [-0.2, -0.15) is 0 Å². The molecule has 7 nitrogen and oxygen atoms in total. The number of imidazole rings is 1. The summed E-state index contributed by atoms with van der Waals surface area (Å²) in [5.74, 6) is -0.185. The highest BCUT2D eigenvalue weighted by atomic mass is 16.2. The Morgan fingerprint density at radius 3 is 2.67 bits per heavy atom. The molecule has 7 heteroatoms. The van der Waals surface area contributed by atoms with Crippen molar-refractivity contribution >= 4 is 17.6 Å². The van der Waals surface area contributed by atoms with E-state index in [1.807, 2.05) is 31.5 Å². The van der Waals surface area contributed by atoms with Crippen molar-refractivity contribution in [2.24, 2.45) is 0 Å². The quantitative estimate of drug-likeness (QED) is 0.759. The van der Waals surface area contributed by atoms with Gasteiger partial charge in [0.25, 0.3) is 5.91 Å². The third-order valence-corrected chi connectivity index (χ3v) is 3.22. The van der Waals surface area contributed by atoms with Gasteiger partial charge in [0.15, 0.2) is 0 Å². The fraction of sp³-hybridized carbons (Fsp3) is 0.353. The molecule has 0 radical (unpaired) electrons. The van der Waals surface area contributed by atoms with Crippen LogP contribution >= 0.6 is 0 Å². The van der Waals surface area contributed by atoms with Gasteiger partial charge < -0.3 is 20.5 Å². The summed E-state index contributed by atoms with van der Waals surface area (Å²) in [4.78, 5) is 28.0. The zero-order valence-electron chi connectivity index (χ0n) is 14.1. The lowest BCUT2D eigenvalue weighted by atomic mass is 10.1. The smallest absolute Gasteiger partial charge is 0.319 e. The van der Waals surface area contributed by atoms with Crippen LogP contribution < -0.4 is 16.0 Å². The fourth-order valence-corrected chi connectivity index (χ4v) is 2.23. The van der Waals surface area contributed by atoms with Crippen molar-refractivity contribution in [2.75, 3.05) is 5.32 Å². The Kier molecular flexibility index (Phi) is 5.95. The van der Waals surface area contributed by atoms with E-state index in [2.05, 4.69) is 20.9 Å². The van der Waals surface area contributed by atoms with Crippen LogP contribution in [-0.2, 0) is 6.54 Å². The van der Waals surface area contributed by atoms with Gasteiger partial charge in [-0.1, -0.05) is 6.07 Å². The first-order valence-corrected chi connectivity index (χ1v) is 7.88. The number of nitrogens with one attached hydrogen (secondary N) is 3. The van der Waals surface area contributed by atoms with Crippen LogP contribution in [0.4, 0.5) is 10.5 Å². The summed E-state index contributed by atoms with van der Waals surface area (Å²) in [6.45, 7) is 6.33. The Balaban J connectivity index is 1.94. The molecule has 0 aliphatic rings. The summed E-state index contributed by atoms with van der Waals surface area (Å²) in [7, 11) is 0. The van der Waals surface area contributed by atoms with Crippen LogP contribution in [0.15, 0.2) is 43.0 Å². The third kappa shape index (κ3) is 5.42. The SMILES string of the molecule is CC(C)NC(=O)Nc1cccc(C(=O)N[C@@H](C)Cn2ccnc2)c1. The summed E-state index contributed by atoms with van der Waals surface area (Å²) in [5, 5.41) is 8.38. The van der Waals surface area contributed by atoms with Gasteiger partial charge in [0.2, 0.25) is 0 Å². The molecule has 2 aromatic rings. The number of hydrogen-bond acceptors (Lipinski definition) is 3. The van der Waals surface area contributed by atoms with E-state index in [1.54, 1.807) is 36.8 Å². The second-order valence-corrected chi connectivity index (χ2v) is 5.97. The van der Waals surface area contributed by atoms with E-state index in [0.29, 0.717) is 17.8 Å². The maximum atomic E-state index is 12.3. The minimum atomic E-state index is -0.295. The molecule has 3 N–H and O–H groups in total. The van der Waals surface area contributed by atoms with E-state index in [0.717, 1.165) is 0 Å². The maximum absolute atomic E-state index is 12.3. The van der Waals surface area contributed by atoms with Crippen LogP contribution in [-0.4, -0.2) is 33.6 Å². The zero-order chi connectivity index (χ0) is 17.5. The monoisotopic (exact) mass is 329 g/mol. The van der Waals surface area contributed by atoms with Gasteiger partial charge in [0.1, 0.15) is 0 Å². The normalized spacial score (nSPS) is 11.8. The lowest BCUT2D eigenvalue weighted by Gasteiger charge is -2.15. The first-order chi connectivity index (χ1) is 11.4. The van der Waals surface area contributed by atoms with Gasteiger partial charge >= 0.3 is 6.03 Å². The van der Waals surface area contributed by atoms with Gasteiger partial charge in [0.05, 0.1) is 6.33 Å². The van der Waals surface area contributed by atoms with E-state index >= 15 is 0 Å². The van der Waals surface area contributed by atoms with Crippen molar-refractivity contribution in [3.63, 3.8) is 0 Å². The van der Waals surface area contributed by atoms with E-state index in [4.69, 9.17) is 0 Å². The standard InChI is InChI=1S/C17H23N5O2/c1-12(2)19-17(24)21-15-6-4-5-14(9-15)16(23)20-13(3)10-22-8-7-18-11-22/h4-9,11-13H,10H2,1-3H3,(H,20,23)(H2,19,21,24)/t13-/m0/s1. The largest absolute Gasteiger partial charge is 0.348 e. The number of carbonyl (C=O) groups excluding carboxylic acids is 2.